The van der Waals surface area contributed by atoms with Crippen molar-refractivity contribution in [2.24, 2.45) is 0 Å². The van der Waals surface area contributed by atoms with Gasteiger partial charge in [-0.2, -0.15) is 0 Å². The van der Waals surface area contributed by atoms with E-state index in [0.29, 0.717) is 13.2 Å². The molecule has 5 nitrogen and oxygen atoms in total. The Kier molecular flexibility index (Phi) is 5.71. The third-order valence-electron chi connectivity index (χ3n) is 5.05. The second-order valence-corrected chi connectivity index (χ2v) is 7.02. The van der Waals surface area contributed by atoms with E-state index >= 15 is 0 Å². The van der Waals surface area contributed by atoms with Crippen LogP contribution < -0.4 is 10.1 Å². The highest BCUT2D eigenvalue weighted by Crippen LogP contribution is 2.41. The number of carbonyl (C=O) groups is 1. The molecule has 0 bridgehead atoms. The third-order valence-corrected chi connectivity index (χ3v) is 5.05. The minimum absolute atomic E-state index is 0.0518. The Morgan fingerprint density at radius 2 is 1.78 bits per heavy atom. The highest BCUT2D eigenvalue weighted by Gasteiger charge is 2.45. The molecule has 27 heavy (non-hydrogen) atoms. The minimum Gasteiger partial charge on any atom is -0.491 e. The molecule has 2 aromatic rings. The Labute approximate surface area is 161 Å². The van der Waals surface area contributed by atoms with Crippen molar-refractivity contribution in [2.75, 3.05) is 25.6 Å². The molecule has 1 amide bonds. The molecule has 0 saturated carbocycles. The molecule has 3 rings (SSSR count). The number of amides is 1. The molecule has 0 aliphatic carbocycles. The second-order valence-electron chi connectivity index (χ2n) is 7.02. The summed E-state index contributed by atoms with van der Waals surface area (Å²) in [6.45, 7) is 7.28. The molecule has 2 aromatic carbocycles. The van der Waals surface area contributed by atoms with Crippen LogP contribution in [0.15, 0.2) is 48.5 Å². The molecule has 0 saturated heterocycles. The van der Waals surface area contributed by atoms with Gasteiger partial charge in [-0.1, -0.05) is 31.2 Å². The minimum atomic E-state index is -0.593. The van der Waals surface area contributed by atoms with Gasteiger partial charge in [0.25, 0.3) is 5.91 Å². The molecule has 1 heterocycles. The lowest BCUT2D eigenvalue weighted by Gasteiger charge is -2.50. The van der Waals surface area contributed by atoms with E-state index < -0.39 is 5.66 Å². The van der Waals surface area contributed by atoms with Gasteiger partial charge in [-0.3, -0.25) is 4.79 Å². The predicted octanol–water partition coefficient (Wildman–Crippen LogP) is 4.25. The zero-order valence-electron chi connectivity index (χ0n) is 16.5. The zero-order chi connectivity index (χ0) is 19.4. The molecular formula is C22H28N2O3. The molecule has 144 valence electrons. The lowest BCUT2D eigenvalue weighted by Crippen LogP contribution is -2.59. The summed E-state index contributed by atoms with van der Waals surface area (Å²) < 4.78 is 10.7. The number of nitrogens with zero attached hydrogens (tertiary/aromatic N) is 1. The number of para-hydroxylation sites is 1. The second kappa shape index (κ2) is 8.01. The lowest BCUT2D eigenvalue weighted by molar-refractivity contribution is 0.0371. The van der Waals surface area contributed by atoms with Crippen molar-refractivity contribution in [3.8, 4) is 5.75 Å². The molecule has 5 heteroatoms. The number of hydrogen-bond acceptors (Lipinski definition) is 4. The summed E-state index contributed by atoms with van der Waals surface area (Å²) in [5, 5.41) is 3.65. The third kappa shape index (κ3) is 3.52. The number of rotatable bonds is 7. The van der Waals surface area contributed by atoms with Crippen molar-refractivity contribution < 1.29 is 14.3 Å². The van der Waals surface area contributed by atoms with Crippen LogP contribution in [0.3, 0.4) is 0 Å². The first kappa shape index (κ1) is 19.2. The largest absolute Gasteiger partial charge is 0.491 e. The topological polar surface area (TPSA) is 50.8 Å². The fraction of sp³-hybridized carbons (Fsp3) is 0.409. The predicted molar refractivity (Wildman–Crippen MR) is 107 cm³/mol. The molecule has 1 N–H and O–H groups in total. The number of benzene rings is 2. The molecule has 1 aliphatic heterocycles. The fourth-order valence-electron chi connectivity index (χ4n) is 3.78. The maximum Gasteiger partial charge on any atom is 0.258 e. The quantitative estimate of drug-likeness (QED) is 0.742. The summed E-state index contributed by atoms with van der Waals surface area (Å²) in [4.78, 5) is 15.2. The van der Waals surface area contributed by atoms with Gasteiger partial charge in [0.05, 0.1) is 12.2 Å². The first-order valence-electron chi connectivity index (χ1n) is 9.46. The molecule has 0 radical (unpaired) electrons. The lowest BCUT2D eigenvalue weighted by atomic mass is 9.88. The number of hydrogen-bond donors (Lipinski definition) is 1. The van der Waals surface area contributed by atoms with E-state index in [-0.39, 0.29) is 11.9 Å². The van der Waals surface area contributed by atoms with Gasteiger partial charge in [-0.15, -0.1) is 0 Å². The first-order valence-corrected chi connectivity index (χ1v) is 9.46. The van der Waals surface area contributed by atoms with E-state index in [0.717, 1.165) is 29.0 Å². The standard InChI is InChI=1S/C22H28N2O3/c1-5-22(17-10-12-18(13-11-17)27-15-14-26-4)23-20-9-7-6-8-19(20)21(25)24(22)16(2)3/h6-13,16,23H,5,14-15H2,1-4H3. The molecule has 1 aliphatic rings. The molecule has 1 atom stereocenters. The first-order chi connectivity index (χ1) is 13.0. The number of fused-ring (bicyclic) bond motifs is 1. The summed E-state index contributed by atoms with van der Waals surface area (Å²) >= 11 is 0. The highest BCUT2D eigenvalue weighted by molar-refractivity contribution is 6.02. The summed E-state index contributed by atoms with van der Waals surface area (Å²) in [5.41, 5.74) is 2.04. The Morgan fingerprint density at radius 1 is 1.07 bits per heavy atom. The van der Waals surface area contributed by atoms with Crippen LogP contribution in [0.5, 0.6) is 5.75 Å². The molecule has 0 spiro atoms. The van der Waals surface area contributed by atoms with Gasteiger partial charge < -0.3 is 19.7 Å². The molecule has 1 unspecified atom stereocenters. The van der Waals surface area contributed by atoms with Gasteiger partial charge in [0.1, 0.15) is 18.0 Å². The van der Waals surface area contributed by atoms with E-state index in [9.17, 15) is 4.79 Å². The summed E-state index contributed by atoms with van der Waals surface area (Å²) in [6.07, 6.45) is 0.745. The van der Waals surface area contributed by atoms with Crippen LogP contribution in [0.2, 0.25) is 0 Å². The smallest absolute Gasteiger partial charge is 0.258 e. The SMILES string of the molecule is CCC1(c2ccc(OCCOC)cc2)Nc2ccccc2C(=O)N1C(C)C. The fourth-order valence-corrected chi connectivity index (χ4v) is 3.78. The van der Waals surface area contributed by atoms with Gasteiger partial charge >= 0.3 is 0 Å². The average molecular weight is 368 g/mol. The summed E-state index contributed by atoms with van der Waals surface area (Å²) in [6, 6.07) is 15.7. The van der Waals surface area contributed by atoms with Crippen molar-refractivity contribution >= 4 is 11.6 Å². The van der Waals surface area contributed by atoms with Gasteiger partial charge in [0.15, 0.2) is 0 Å². The number of nitrogens with one attached hydrogen (secondary N) is 1. The summed E-state index contributed by atoms with van der Waals surface area (Å²) in [5.74, 6) is 0.849. The van der Waals surface area contributed by atoms with Crippen LogP contribution in [0, 0.1) is 0 Å². The van der Waals surface area contributed by atoms with Gasteiger partial charge in [0, 0.05) is 18.8 Å². The Hall–Kier alpha value is -2.53. The van der Waals surface area contributed by atoms with Crippen molar-refractivity contribution in [1.29, 1.82) is 0 Å². The van der Waals surface area contributed by atoms with Crippen molar-refractivity contribution in [3.05, 3.63) is 59.7 Å². The van der Waals surface area contributed by atoms with E-state index in [4.69, 9.17) is 9.47 Å². The molecule has 0 fully saturated rings. The molecular weight excluding hydrogens is 340 g/mol. The van der Waals surface area contributed by atoms with Crippen LogP contribution in [0.4, 0.5) is 5.69 Å². The van der Waals surface area contributed by atoms with Gasteiger partial charge in [0.2, 0.25) is 0 Å². The summed E-state index contributed by atoms with van der Waals surface area (Å²) in [7, 11) is 1.65. The van der Waals surface area contributed by atoms with Gasteiger partial charge in [-0.25, -0.2) is 0 Å². The zero-order valence-corrected chi connectivity index (χ0v) is 16.5. The Morgan fingerprint density at radius 3 is 2.41 bits per heavy atom. The van der Waals surface area contributed by atoms with E-state index in [1.165, 1.54) is 0 Å². The number of methoxy groups -OCH3 is 1. The van der Waals surface area contributed by atoms with Crippen molar-refractivity contribution in [2.45, 2.75) is 38.9 Å². The number of ether oxygens (including phenoxy) is 2. The molecule has 0 aromatic heterocycles. The van der Waals surface area contributed by atoms with Crippen molar-refractivity contribution in [3.63, 3.8) is 0 Å². The van der Waals surface area contributed by atoms with E-state index in [1.807, 2.05) is 53.4 Å². The van der Waals surface area contributed by atoms with Crippen molar-refractivity contribution in [1.82, 2.24) is 4.90 Å². The maximum absolute atomic E-state index is 13.3. The van der Waals surface area contributed by atoms with E-state index in [1.54, 1.807) is 7.11 Å². The van der Waals surface area contributed by atoms with Crippen LogP contribution in [0.1, 0.15) is 43.1 Å². The van der Waals surface area contributed by atoms with Crippen LogP contribution in [-0.4, -0.2) is 37.2 Å². The normalized spacial score (nSPS) is 19.0. The average Bonchev–Trinajstić information content (AvgIpc) is 2.68. The van der Waals surface area contributed by atoms with Crippen LogP contribution >= 0.6 is 0 Å². The van der Waals surface area contributed by atoms with Gasteiger partial charge in [-0.05, 0) is 50.1 Å². The maximum atomic E-state index is 13.3. The van der Waals surface area contributed by atoms with E-state index in [2.05, 4.69) is 26.1 Å². The monoisotopic (exact) mass is 368 g/mol. The Bertz CT molecular complexity index is 788. The van der Waals surface area contributed by atoms with Crippen LogP contribution in [-0.2, 0) is 10.4 Å². The highest BCUT2D eigenvalue weighted by atomic mass is 16.5. The Balaban J connectivity index is 2.00. The number of anilines is 1. The van der Waals surface area contributed by atoms with Crippen LogP contribution in [0.25, 0.3) is 0 Å². The number of carbonyl (C=O) groups excluding carboxylic acids is 1.